The van der Waals surface area contributed by atoms with Crippen LogP contribution in [0, 0.1) is 6.92 Å². The summed E-state index contributed by atoms with van der Waals surface area (Å²) >= 11 is 0. The fourth-order valence-corrected chi connectivity index (χ4v) is 3.76. The highest BCUT2D eigenvalue weighted by Crippen LogP contribution is 2.47. The van der Waals surface area contributed by atoms with Gasteiger partial charge in [-0.05, 0) is 31.2 Å². The van der Waals surface area contributed by atoms with E-state index in [1.54, 1.807) is 36.4 Å². The number of hydrogen-bond acceptors (Lipinski definition) is 7. The van der Waals surface area contributed by atoms with E-state index >= 15 is 0 Å². The van der Waals surface area contributed by atoms with Crippen molar-refractivity contribution in [2.75, 3.05) is 6.26 Å². The molecule has 0 spiro atoms. The summed E-state index contributed by atoms with van der Waals surface area (Å²) < 4.78 is 39.5. The van der Waals surface area contributed by atoms with Gasteiger partial charge in [0.05, 0.1) is 6.26 Å². The van der Waals surface area contributed by atoms with Crippen molar-refractivity contribution in [3.05, 3.63) is 77.4 Å². The normalized spacial score (nSPS) is 15.4. The van der Waals surface area contributed by atoms with Crippen LogP contribution in [0.2, 0.25) is 0 Å². The molecule has 0 radical (unpaired) electrons. The average molecular weight is 426 g/mol. The maximum absolute atomic E-state index is 12.6. The molecule has 0 saturated carbocycles. The predicted molar refractivity (Wildman–Crippen MR) is 109 cm³/mol. The van der Waals surface area contributed by atoms with Gasteiger partial charge in [0.15, 0.2) is 11.5 Å². The van der Waals surface area contributed by atoms with E-state index in [0.717, 1.165) is 11.8 Å². The number of rotatable bonds is 5. The van der Waals surface area contributed by atoms with Crippen molar-refractivity contribution in [1.82, 2.24) is 0 Å². The first-order valence-electron chi connectivity index (χ1n) is 9.03. The second-order valence-electron chi connectivity index (χ2n) is 6.96. The number of carbonyl (C=O) groups is 1. The molecule has 30 heavy (non-hydrogen) atoms. The highest BCUT2D eigenvalue weighted by molar-refractivity contribution is 7.86. The minimum atomic E-state index is -3.94. The molecule has 1 atom stereocenters. The van der Waals surface area contributed by atoms with Crippen LogP contribution in [0.3, 0.4) is 0 Å². The van der Waals surface area contributed by atoms with Crippen LogP contribution in [0.5, 0.6) is 28.7 Å². The molecule has 0 bridgehead atoms. The number of para-hydroxylation sites is 1. The predicted octanol–water partition coefficient (Wildman–Crippen LogP) is 3.88. The third-order valence-corrected chi connectivity index (χ3v) is 5.01. The zero-order valence-electron chi connectivity index (χ0n) is 16.2. The van der Waals surface area contributed by atoms with E-state index in [1.165, 1.54) is 12.1 Å². The van der Waals surface area contributed by atoms with E-state index in [2.05, 4.69) is 0 Å². The van der Waals surface area contributed by atoms with E-state index in [1.807, 2.05) is 19.1 Å². The van der Waals surface area contributed by atoms with Gasteiger partial charge in [0.1, 0.15) is 23.2 Å². The maximum atomic E-state index is 12.6. The molecule has 1 N–H and O–H groups in total. The molecule has 1 heterocycles. The lowest BCUT2D eigenvalue weighted by Crippen LogP contribution is -2.13. The van der Waals surface area contributed by atoms with Crippen molar-refractivity contribution >= 4 is 16.1 Å². The summed E-state index contributed by atoms with van der Waals surface area (Å²) in [6, 6.07) is 16.8. The van der Waals surface area contributed by atoms with Gasteiger partial charge in [-0.25, -0.2) is 0 Å². The van der Waals surface area contributed by atoms with Gasteiger partial charge in [0.2, 0.25) is 0 Å². The van der Waals surface area contributed by atoms with Crippen molar-refractivity contribution < 1.29 is 32.0 Å². The minimum absolute atomic E-state index is 0.122. The second kappa shape index (κ2) is 7.38. The summed E-state index contributed by atoms with van der Waals surface area (Å²) in [5.74, 6) is -1.29. The van der Waals surface area contributed by atoms with Gasteiger partial charge in [-0.2, -0.15) is 8.42 Å². The van der Waals surface area contributed by atoms with Crippen LogP contribution < -0.4 is 13.7 Å². The Kier molecular flexibility index (Phi) is 4.87. The Morgan fingerprint density at radius 2 is 1.70 bits per heavy atom. The second-order valence-corrected chi connectivity index (χ2v) is 8.53. The average Bonchev–Trinajstić information content (AvgIpc) is 2.99. The number of phenols is 1. The highest BCUT2D eigenvalue weighted by Gasteiger charge is 2.37. The lowest BCUT2D eigenvalue weighted by Gasteiger charge is -2.16. The molecule has 0 saturated heterocycles. The molecule has 7 nitrogen and oxygen atoms in total. The monoisotopic (exact) mass is 426 g/mol. The summed E-state index contributed by atoms with van der Waals surface area (Å²) in [5.41, 5.74) is 1.59. The van der Waals surface area contributed by atoms with Crippen LogP contribution in [0.25, 0.3) is 0 Å². The topological polar surface area (TPSA) is 99.1 Å². The van der Waals surface area contributed by atoms with Crippen molar-refractivity contribution in [3.8, 4) is 28.7 Å². The molecule has 0 aromatic heterocycles. The third-order valence-electron chi connectivity index (χ3n) is 4.53. The first kappa shape index (κ1) is 19.8. The number of esters is 1. The van der Waals surface area contributed by atoms with Crippen LogP contribution in [0.1, 0.15) is 22.6 Å². The molecule has 154 valence electrons. The Bertz CT molecular complexity index is 1230. The van der Waals surface area contributed by atoms with Crippen LogP contribution in [0.4, 0.5) is 0 Å². The van der Waals surface area contributed by atoms with Crippen LogP contribution >= 0.6 is 0 Å². The number of hydrogen-bond donors (Lipinski definition) is 1. The number of fused-ring (bicyclic) bond motifs is 1. The summed E-state index contributed by atoms with van der Waals surface area (Å²) in [4.78, 5) is 12.6. The molecule has 3 aromatic rings. The van der Waals surface area contributed by atoms with Gasteiger partial charge in [-0.1, -0.05) is 35.9 Å². The van der Waals surface area contributed by atoms with Crippen molar-refractivity contribution in [3.63, 3.8) is 0 Å². The Hall–Kier alpha value is -3.52. The van der Waals surface area contributed by atoms with Gasteiger partial charge in [0, 0.05) is 17.2 Å². The summed E-state index contributed by atoms with van der Waals surface area (Å²) in [6.45, 7) is 1.87. The zero-order chi connectivity index (χ0) is 21.5. The first-order chi connectivity index (χ1) is 14.2. The van der Waals surface area contributed by atoms with Gasteiger partial charge in [-0.3, -0.25) is 4.79 Å². The van der Waals surface area contributed by atoms with Gasteiger partial charge in [0.25, 0.3) is 0 Å². The Labute approximate surface area is 173 Å². The Morgan fingerprint density at radius 1 is 0.967 bits per heavy atom. The molecule has 0 aliphatic carbocycles. The zero-order valence-corrected chi connectivity index (χ0v) is 17.0. The first-order valence-corrected chi connectivity index (χ1v) is 10.8. The summed E-state index contributed by atoms with van der Waals surface area (Å²) in [6.07, 6.45) is 0.860. The molecule has 0 fully saturated rings. The lowest BCUT2D eigenvalue weighted by atomic mass is 9.90. The number of aryl methyl sites for hydroxylation is 1. The smallest absolute Gasteiger partial charge is 0.323 e. The largest absolute Gasteiger partial charge is 0.504 e. The van der Waals surface area contributed by atoms with Crippen molar-refractivity contribution in [1.29, 1.82) is 0 Å². The molecular formula is C22H18O7S. The Morgan fingerprint density at radius 3 is 2.40 bits per heavy atom. The number of aromatic hydroxyl groups is 1. The fourth-order valence-electron chi connectivity index (χ4n) is 3.31. The van der Waals surface area contributed by atoms with Crippen LogP contribution in [0.15, 0.2) is 60.7 Å². The van der Waals surface area contributed by atoms with Crippen molar-refractivity contribution in [2.24, 2.45) is 0 Å². The van der Waals surface area contributed by atoms with Crippen LogP contribution in [-0.4, -0.2) is 25.7 Å². The quantitative estimate of drug-likeness (QED) is 0.375. The van der Waals surface area contributed by atoms with E-state index in [0.29, 0.717) is 17.1 Å². The fraction of sp³-hybridized carbons (Fsp3) is 0.136. The number of carbonyl (C=O) groups excluding carboxylic acids is 1. The number of phenolic OH excluding ortho intramolecular Hbond substituents is 1. The molecular weight excluding hydrogens is 408 g/mol. The number of benzene rings is 3. The summed E-state index contributed by atoms with van der Waals surface area (Å²) in [7, 11) is -3.94. The standard InChI is InChI=1S/C22H18O7S/c1-13-8-9-18-16(10-13)20(22(24)28-18)17-11-15(27-14-6-4-3-5-7-14)12-19(21(17)23)29-30(2,25)26/h3-12,20,23H,1-2H3. The van der Waals surface area contributed by atoms with E-state index < -0.39 is 27.8 Å². The van der Waals surface area contributed by atoms with E-state index in [4.69, 9.17) is 13.7 Å². The SMILES string of the molecule is Cc1ccc2c(c1)C(c1cc(Oc3ccccc3)cc(OS(C)(=O)=O)c1O)C(=O)O2. The van der Waals surface area contributed by atoms with E-state index in [-0.39, 0.29) is 17.1 Å². The molecule has 3 aromatic carbocycles. The van der Waals surface area contributed by atoms with Gasteiger partial charge < -0.3 is 18.8 Å². The molecule has 4 rings (SSSR count). The van der Waals surface area contributed by atoms with E-state index in [9.17, 15) is 18.3 Å². The highest BCUT2D eigenvalue weighted by atomic mass is 32.2. The number of ether oxygens (including phenoxy) is 2. The van der Waals surface area contributed by atoms with Gasteiger partial charge in [-0.15, -0.1) is 0 Å². The Balaban J connectivity index is 1.86. The molecule has 0 amide bonds. The van der Waals surface area contributed by atoms with Crippen LogP contribution in [-0.2, 0) is 14.9 Å². The molecule has 8 heteroatoms. The van der Waals surface area contributed by atoms with Crippen molar-refractivity contribution in [2.45, 2.75) is 12.8 Å². The molecule has 1 aliphatic rings. The lowest BCUT2D eigenvalue weighted by molar-refractivity contribution is -0.133. The third kappa shape index (κ3) is 3.95. The minimum Gasteiger partial charge on any atom is -0.504 e. The summed E-state index contributed by atoms with van der Waals surface area (Å²) in [5, 5.41) is 10.8. The van der Waals surface area contributed by atoms with Gasteiger partial charge >= 0.3 is 16.1 Å². The maximum Gasteiger partial charge on any atom is 0.323 e. The molecule has 1 unspecified atom stereocenters. The molecule has 1 aliphatic heterocycles.